The number of ether oxygens (including phenoxy) is 1. The van der Waals surface area contributed by atoms with Gasteiger partial charge in [-0.3, -0.25) is 0 Å². The molecule has 0 heterocycles. The van der Waals surface area contributed by atoms with Crippen molar-refractivity contribution in [2.45, 2.75) is 39.5 Å². The fraction of sp³-hybridized carbons (Fsp3) is 0.846. The minimum absolute atomic E-state index is 0.712. The summed E-state index contributed by atoms with van der Waals surface area (Å²) in [7, 11) is 0. The highest BCUT2D eigenvalue weighted by Crippen LogP contribution is 2.33. The molecule has 1 aliphatic carbocycles. The molecule has 0 aliphatic heterocycles. The fourth-order valence-electron chi connectivity index (χ4n) is 2.34. The van der Waals surface area contributed by atoms with E-state index in [0.29, 0.717) is 6.61 Å². The minimum atomic E-state index is 0.712. The van der Waals surface area contributed by atoms with Crippen LogP contribution < -0.4 is 0 Å². The number of rotatable bonds is 5. The summed E-state index contributed by atoms with van der Waals surface area (Å²) in [5.74, 6) is 2.64. The van der Waals surface area contributed by atoms with Crippen molar-refractivity contribution in [3.8, 4) is 0 Å². The summed E-state index contributed by atoms with van der Waals surface area (Å²) in [6, 6.07) is 0. The fourth-order valence-corrected chi connectivity index (χ4v) is 2.34. The molecule has 0 spiro atoms. The van der Waals surface area contributed by atoms with E-state index in [2.05, 4.69) is 20.4 Å². The molecule has 0 N–H and O–H groups in total. The molecule has 0 aromatic rings. The van der Waals surface area contributed by atoms with Gasteiger partial charge in [-0.25, -0.2) is 0 Å². The van der Waals surface area contributed by atoms with Crippen molar-refractivity contribution >= 4 is 0 Å². The first-order valence-electron chi connectivity index (χ1n) is 5.92. The van der Waals surface area contributed by atoms with E-state index in [9.17, 15) is 0 Å². The minimum Gasteiger partial charge on any atom is -0.377 e. The van der Waals surface area contributed by atoms with Gasteiger partial charge in [0.2, 0.25) is 0 Å². The van der Waals surface area contributed by atoms with E-state index >= 15 is 0 Å². The van der Waals surface area contributed by atoms with Gasteiger partial charge in [-0.05, 0) is 43.4 Å². The van der Waals surface area contributed by atoms with Crippen molar-refractivity contribution in [1.29, 1.82) is 0 Å². The molecule has 0 bridgehead atoms. The van der Waals surface area contributed by atoms with Crippen LogP contribution >= 0.6 is 0 Å². The third-order valence-electron chi connectivity index (χ3n) is 3.42. The summed E-state index contributed by atoms with van der Waals surface area (Å²) < 4.78 is 5.50. The van der Waals surface area contributed by atoms with E-state index in [0.717, 1.165) is 24.4 Å². The Labute approximate surface area is 88.5 Å². The van der Waals surface area contributed by atoms with Crippen LogP contribution in [0.15, 0.2) is 12.7 Å². The summed E-state index contributed by atoms with van der Waals surface area (Å²) in [5.41, 5.74) is 0. The predicted molar refractivity (Wildman–Crippen MR) is 61.3 cm³/mol. The standard InChI is InChI=1S/C13H24O/c1-4-9-14-10-12-5-7-13(8-6-12)11(2)3/h4,11-13H,1,5-10H2,2-3H3. The van der Waals surface area contributed by atoms with Crippen molar-refractivity contribution in [3.63, 3.8) is 0 Å². The van der Waals surface area contributed by atoms with Crippen molar-refractivity contribution in [1.82, 2.24) is 0 Å². The average Bonchev–Trinajstić information content (AvgIpc) is 2.19. The van der Waals surface area contributed by atoms with Crippen LogP contribution in [0, 0.1) is 17.8 Å². The average molecular weight is 196 g/mol. The maximum atomic E-state index is 5.50. The molecular formula is C13H24O. The molecule has 1 saturated carbocycles. The second kappa shape index (κ2) is 6.23. The Balaban J connectivity index is 2.12. The topological polar surface area (TPSA) is 9.23 Å². The van der Waals surface area contributed by atoms with Gasteiger partial charge in [0.1, 0.15) is 0 Å². The van der Waals surface area contributed by atoms with Crippen LogP contribution in [0.25, 0.3) is 0 Å². The van der Waals surface area contributed by atoms with Crippen molar-refractivity contribution in [3.05, 3.63) is 12.7 Å². The third kappa shape index (κ3) is 3.83. The van der Waals surface area contributed by atoms with Crippen molar-refractivity contribution in [2.75, 3.05) is 13.2 Å². The van der Waals surface area contributed by atoms with E-state index < -0.39 is 0 Å². The Kier molecular flexibility index (Phi) is 5.24. The van der Waals surface area contributed by atoms with Gasteiger partial charge in [0.15, 0.2) is 0 Å². The lowest BCUT2D eigenvalue weighted by Crippen LogP contribution is -2.21. The molecule has 0 radical (unpaired) electrons. The van der Waals surface area contributed by atoms with Crippen LogP contribution in [0.5, 0.6) is 0 Å². The quantitative estimate of drug-likeness (QED) is 0.482. The zero-order chi connectivity index (χ0) is 10.4. The first-order valence-corrected chi connectivity index (χ1v) is 5.92. The van der Waals surface area contributed by atoms with Crippen LogP contribution in [-0.4, -0.2) is 13.2 Å². The van der Waals surface area contributed by atoms with E-state index in [1.807, 2.05) is 6.08 Å². The molecule has 0 unspecified atom stereocenters. The first-order chi connectivity index (χ1) is 6.74. The molecule has 1 aliphatic rings. The smallest absolute Gasteiger partial charge is 0.0644 e. The molecule has 82 valence electrons. The van der Waals surface area contributed by atoms with Crippen molar-refractivity contribution < 1.29 is 4.74 Å². The maximum Gasteiger partial charge on any atom is 0.0644 e. The second-order valence-electron chi connectivity index (χ2n) is 4.85. The normalized spacial score (nSPS) is 27.9. The lowest BCUT2D eigenvalue weighted by Gasteiger charge is -2.30. The Hall–Kier alpha value is -0.300. The Morgan fingerprint density at radius 3 is 2.43 bits per heavy atom. The van der Waals surface area contributed by atoms with Gasteiger partial charge in [0.05, 0.1) is 6.61 Å². The van der Waals surface area contributed by atoms with E-state index in [-0.39, 0.29) is 0 Å². The molecule has 1 heteroatoms. The summed E-state index contributed by atoms with van der Waals surface area (Å²) in [5, 5.41) is 0. The third-order valence-corrected chi connectivity index (χ3v) is 3.42. The summed E-state index contributed by atoms with van der Waals surface area (Å²) in [6.07, 6.45) is 7.36. The predicted octanol–water partition coefficient (Wildman–Crippen LogP) is 3.65. The Bertz CT molecular complexity index is 155. The molecule has 0 atom stereocenters. The largest absolute Gasteiger partial charge is 0.377 e. The highest BCUT2D eigenvalue weighted by Gasteiger charge is 2.22. The molecule has 1 nitrogen and oxygen atoms in total. The lowest BCUT2D eigenvalue weighted by molar-refractivity contribution is 0.0900. The van der Waals surface area contributed by atoms with Crippen LogP contribution in [-0.2, 0) is 4.74 Å². The van der Waals surface area contributed by atoms with Gasteiger partial charge < -0.3 is 4.74 Å². The summed E-state index contributed by atoms with van der Waals surface area (Å²) >= 11 is 0. The molecule has 0 aromatic heterocycles. The Morgan fingerprint density at radius 2 is 1.93 bits per heavy atom. The maximum absolute atomic E-state index is 5.50. The Morgan fingerprint density at radius 1 is 1.29 bits per heavy atom. The first kappa shape index (κ1) is 11.8. The zero-order valence-electron chi connectivity index (χ0n) is 9.67. The van der Waals surface area contributed by atoms with Gasteiger partial charge in [-0.15, -0.1) is 6.58 Å². The van der Waals surface area contributed by atoms with Gasteiger partial charge in [-0.2, -0.15) is 0 Å². The number of hydrogen-bond donors (Lipinski definition) is 0. The SMILES string of the molecule is C=CCOCC1CCC(C(C)C)CC1. The highest BCUT2D eigenvalue weighted by molar-refractivity contribution is 4.74. The van der Waals surface area contributed by atoms with Crippen LogP contribution in [0.4, 0.5) is 0 Å². The van der Waals surface area contributed by atoms with Crippen LogP contribution in [0.2, 0.25) is 0 Å². The molecule has 1 rings (SSSR count). The van der Waals surface area contributed by atoms with Crippen LogP contribution in [0.1, 0.15) is 39.5 Å². The second-order valence-corrected chi connectivity index (χ2v) is 4.85. The van der Waals surface area contributed by atoms with Gasteiger partial charge in [0, 0.05) is 6.61 Å². The van der Waals surface area contributed by atoms with Gasteiger partial charge in [-0.1, -0.05) is 19.9 Å². The van der Waals surface area contributed by atoms with E-state index in [1.54, 1.807) is 0 Å². The van der Waals surface area contributed by atoms with E-state index in [4.69, 9.17) is 4.74 Å². The molecular weight excluding hydrogens is 172 g/mol. The number of hydrogen-bond acceptors (Lipinski definition) is 1. The molecule has 1 fully saturated rings. The van der Waals surface area contributed by atoms with Crippen LogP contribution in [0.3, 0.4) is 0 Å². The van der Waals surface area contributed by atoms with Gasteiger partial charge in [0.25, 0.3) is 0 Å². The summed E-state index contributed by atoms with van der Waals surface area (Å²) in [4.78, 5) is 0. The van der Waals surface area contributed by atoms with E-state index in [1.165, 1.54) is 25.7 Å². The molecule has 0 amide bonds. The summed E-state index contributed by atoms with van der Waals surface area (Å²) in [6.45, 7) is 10.0. The zero-order valence-corrected chi connectivity index (χ0v) is 9.67. The lowest BCUT2D eigenvalue weighted by atomic mass is 9.77. The van der Waals surface area contributed by atoms with Gasteiger partial charge >= 0.3 is 0 Å². The molecule has 0 saturated heterocycles. The highest BCUT2D eigenvalue weighted by atomic mass is 16.5. The van der Waals surface area contributed by atoms with Crippen molar-refractivity contribution in [2.24, 2.45) is 17.8 Å². The molecule has 14 heavy (non-hydrogen) atoms. The monoisotopic (exact) mass is 196 g/mol. The molecule has 0 aromatic carbocycles.